The van der Waals surface area contributed by atoms with Gasteiger partial charge in [0, 0.05) is 18.3 Å². The largest absolute Gasteiger partial charge is 0.395 e. The Hall–Kier alpha value is -0.870. The number of aromatic nitrogens is 2. The van der Waals surface area contributed by atoms with Crippen LogP contribution < -0.4 is 5.32 Å². The van der Waals surface area contributed by atoms with E-state index in [-0.39, 0.29) is 12.6 Å². The van der Waals surface area contributed by atoms with Crippen LogP contribution in [-0.4, -0.2) is 28.0 Å². The molecule has 0 spiro atoms. The minimum absolute atomic E-state index is 0.142. The second kappa shape index (κ2) is 4.11. The van der Waals surface area contributed by atoms with Crippen LogP contribution in [0.3, 0.4) is 0 Å². The van der Waals surface area contributed by atoms with Gasteiger partial charge in [0.25, 0.3) is 0 Å². The fourth-order valence-electron chi connectivity index (χ4n) is 1.87. The first-order valence-corrected chi connectivity index (χ1v) is 5.20. The van der Waals surface area contributed by atoms with Crippen LogP contribution >= 0.6 is 0 Å². The molecule has 1 atom stereocenters. The van der Waals surface area contributed by atoms with Crippen LogP contribution in [-0.2, 0) is 19.4 Å². The van der Waals surface area contributed by atoms with Crippen molar-refractivity contribution in [2.24, 2.45) is 0 Å². The molecular weight excluding hydrogens is 178 g/mol. The van der Waals surface area contributed by atoms with E-state index in [0.717, 1.165) is 25.1 Å². The van der Waals surface area contributed by atoms with Crippen LogP contribution in [0.15, 0.2) is 0 Å². The smallest absolute Gasteiger partial charge is 0.0794 e. The summed E-state index contributed by atoms with van der Waals surface area (Å²) in [6.45, 7) is 2.90. The standard InChI is InChI=1S/C10H17N3O/c1-7(6-14)11-5-10-8-3-2-4-9(8)12-13-10/h7,11,14H,2-6H2,1H3,(H,12,13). The third-order valence-corrected chi connectivity index (χ3v) is 2.78. The summed E-state index contributed by atoms with van der Waals surface area (Å²) in [6.07, 6.45) is 3.53. The maximum Gasteiger partial charge on any atom is 0.0794 e. The summed E-state index contributed by atoms with van der Waals surface area (Å²) in [7, 11) is 0. The zero-order valence-electron chi connectivity index (χ0n) is 8.51. The van der Waals surface area contributed by atoms with Crippen LogP contribution in [0.1, 0.15) is 30.3 Å². The van der Waals surface area contributed by atoms with E-state index < -0.39 is 0 Å². The number of H-pyrrole nitrogens is 1. The topological polar surface area (TPSA) is 60.9 Å². The lowest BCUT2D eigenvalue weighted by Crippen LogP contribution is -2.29. The van der Waals surface area contributed by atoms with Gasteiger partial charge in [0.05, 0.1) is 12.3 Å². The third kappa shape index (κ3) is 1.81. The molecule has 0 saturated carbocycles. The number of nitrogens with zero attached hydrogens (tertiary/aromatic N) is 1. The quantitative estimate of drug-likeness (QED) is 0.650. The van der Waals surface area contributed by atoms with Crippen molar-refractivity contribution in [1.82, 2.24) is 15.5 Å². The number of aryl methyl sites for hydroxylation is 1. The Morgan fingerprint density at radius 1 is 1.57 bits per heavy atom. The van der Waals surface area contributed by atoms with Crippen LogP contribution in [0.5, 0.6) is 0 Å². The molecule has 0 fully saturated rings. The average molecular weight is 195 g/mol. The molecule has 1 aliphatic rings. The predicted octanol–water partition coefficient (Wildman–Crippen LogP) is 0.369. The van der Waals surface area contributed by atoms with E-state index in [1.165, 1.54) is 17.7 Å². The maximum absolute atomic E-state index is 8.87. The Balaban J connectivity index is 1.96. The van der Waals surface area contributed by atoms with E-state index in [1.807, 2.05) is 6.92 Å². The molecule has 1 aliphatic carbocycles. The van der Waals surface area contributed by atoms with Gasteiger partial charge in [-0.25, -0.2) is 0 Å². The van der Waals surface area contributed by atoms with E-state index >= 15 is 0 Å². The summed E-state index contributed by atoms with van der Waals surface area (Å²) in [5.74, 6) is 0. The number of hydrogen-bond acceptors (Lipinski definition) is 3. The molecule has 1 aromatic heterocycles. The zero-order chi connectivity index (χ0) is 9.97. The Morgan fingerprint density at radius 3 is 3.21 bits per heavy atom. The van der Waals surface area contributed by atoms with Gasteiger partial charge in [-0.15, -0.1) is 0 Å². The highest BCUT2D eigenvalue weighted by atomic mass is 16.3. The van der Waals surface area contributed by atoms with Gasteiger partial charge in [-0.2, -0.15) is 5.10 Å². The Bertz CT molecular complexity index is 308. The number of fused-ring (bicyclic) bond motifs is 1. The van der Waals surface area contributed by atoms with Crippen molar-refractivity contribution in [3.05, 3.63) is 17.0 Å². The van der Waals surface area contributed by atoms with Crippen molar-refractivity contribution in [1.29, 1.82) is 0 Å². The fourth-order valence-corrected chi connectivity index (χ4v) is 1.87. The van der Waals surface area contributed by atoms with E-state index in [1.54, 1.807) is 0 Å². The second-order valence-electron chi connectivity index (χ2n) is 3.95. The van der Waals surface area contributed by atoms with Crippen LogP contribution in [0.4, 0.5) is 0 Å². The molecule has 0 aromatic carbocycles. The van der Waals surface area contributed by atoms with E-state index in [2.05, 4.69) is 15.5 Å². The van der Waals surface area contributed by atoms with Crippen LogP contribution in [0.2, 0.25) is 0 Å². The first kappa shape index (κ1) is 9.68. The van der Waals surface area contributed by atoms with Gasteiger partial charge in [-0.3, -0.25) is 5.10 Å². The van der Waals surface area contributed by atoms with Crippen LogP contribution in [0, 0.1) is 0 Å². The highest BCUT2D eigenvalue weighted by molar-refractivity contribution is 5.29. The van der Waals surface area contributed by atoms with Gasteiger partial charge in [-0.1, -0.05) is 0 Å². The van der Waals surface area contributed by atoms with Crippen molar-refractivity contribution >= 4 is 0 Å². The molecule has 1 heterocycles. The maximum atomic E-state index is 8.87. The molecule has 0 bridgehead atoms. The Labute approximate surface area is 83.7 Å². The van der Waals surface area contributed by atoms with Gasteiger partial charge in [0.15, 0.2) is 0 Å². The number of nitrogens with one attached hydrogen (secondary N) is 2. The van der Waals surface area contributed by atoms with E-state index in [4.69, 9.17) is 5.11 Å². The minimum Gasteiger partial charge on any atom is -0.395 e. The van der Waals surface area contributed by atoms with Crippen molar-refractivity contribution in [3.63, 3.8) is 0 Å². The first-order chi connectivity index (χ1) is 6.81. The first-order valence-electron chi connectivity index (χ1n) is 5.20. The Kier molecular flexibility index (Phi) is 2.84. The van der Waals surface area contributed by atoms with Gasteiger partial charge >= 0.3 is 0 Å². The molecular formula is C10H17N3O. The highest BCUT2D eigenvalue weighted by Gasteiger charge is 2.17. The van der Waals surface area contributed by atoms with Crippen molar-refractivity contribution in [2.75, 3.05) is 6.61 Å². The van der Waals surface area contributed by atoms with E-state index in [9.17, 15) is 0 Å². The zero-order valence-corrected chi connectivity index (χ0v) is 8.51. The lowest BCUT2D eigenvalue weighted by molar-refractivity contribution is 0.250. The monoisotopic (exact) mass is 195 g/mol. The van der Waals surface area contributed by atoms with Gasteiger partial charge in [-0.05, 0) is 31.7 Å². The molecule has 0 amide bonds. The minimum atomic E-state index is 0.142. The lowest BCUT2D eigenvalue weighted by Gasteiger charge is -2.09. The summed E-state index contributed by atoms with van der Waals surface area (Å²) in [4.78, 5) is 0. The number of aliphatic hydroxyl groups is 1. The molecule has 0 radical (unpaired) electrons. The fraction of sp³-hybridized carbons (Fsp3) is 0.700. The molecule has 3 N–H and O–H groups in total. The van der Waals surface area contributed by atoms with Gasteiger partial charge < -0.3 is 10.4 Å². The van der Waals surface area contributed by atoms with E-state index in [0.29, 0.717) is 0 Å². The normalized spacial score (nSPS) is 17.0. The Morgan fingerprint density at radius 2 is 2.43 bits per heavy atom. The van der Waals surface area contributed by atoms with Gasteiger partial charge in [0.1, 0.15) is 0 Å². The highest BCUT2D eigenvalue weighted by Crippen LogP contribution is 2.22. The molecule has 0 saturated heterocycles. The molecule has 78 valence electrons. The SMILES string of the molecule is CC(CO)NCc1n[nH]c2c1CCC2. The molecule has 4 heteroatoms. The molecule has 4 nitrogen and oxygen atoms in total. The number of aliphatic hydroxyl groups excluding tert-OH is 1. The predicted molar refractivity (Wildman–Crippen MR) is 54.0 cm³/mol. The molecule has 2 rings (SSSR count). The summed E-state index contributed by atoms with van der Waals surface area (Å²) in [5.41, 5.74) is 3.82. The molecule has 1 unspecified atom stereocenters. The lowest BCUT2D eigenvalue weighted by atomic mass is 10.2. The number of rotatable bonds is 4. The molecule has 0 aliphatic heterocycles. The number of hydrogen-bond donors (Lipinski definition) is 3. The van der Waals surface area contributed by atoms with Crippen molar-refractivity contribution < 1.29 is 5.11 Å². The molecule has 14 heavy (non-hydrogen) atoms. The second-order valence-corrected chi connectivity index (χ2v) is 3.95. The average Bonchev–Trinajstić information content (AvgIpc) is 2.76. The third-order valence-electron chi connectivity index (χ3n) is 2.78. The summed E-state index contributed by atoms with van der Waals surface area (Å²) < 4.78 is 0. The van der Waals surface area contributed by atoms with Crippen molar-refractivity contribution in [2.45, 2.75) is 38.8 Å². The molecule has 1 aromatic rings. The van der Waals surface area contributed by atoms with Gasteiger partial charge in [0.2, 0.25) is 0 Å². The summed E-state index contributed by atoms with van der Waals surface area (Å²) >= 11 is 0. The summed E-state index contributed by atoms with van der Waals surface area (Å²) in [6, 6.07) is 0.142. The van der Waals surface area contributed by atoms with Crippen LogP contribution in [0.25, 0.3) is 0 Å². The number of aromatic amines is 1. The van der Waals surface area contributed by atoms with Crippen molar-refractivity contribution in [3.8, 4) is 0 Å². The summed E-state index contributed by atoms with van der Waals surface area (Å²) in [5, 5.41) is 19.4.